The highest BCUT2D eigenvalue weighted by Crippen LogP contribution is 2.28. The van der Waals surface area contributed by atoms with Gasteiger partial charge in [-0.15, -0.1) is 0 Å². The van der Waals surface area contributed by atoms with Crippen molar-refractivity contribution < 1.29 is 14.6 Å². The van der Waals surface area contributed by atoms with E-state index in [1.54, 1.807) is 0 Å². The van der Waals surface area contributed by atoms with Crippen LogP contribution in [0.25, 0.3) is 0 Å². The van der Waals surface area contributed by atoms with Gasteiger partial charge in [-0.3, -0.25) is 0 Å². The number of benzene rings is 3. The monoisotopic (exact) mass is 347 g/mol. The summed E-state index contributed by atoms with van der Waals surface area (Å²) in [6.45, 7) is 0.176. The lowest BCUT2D eigenvalue weighted by Gasteiger charge is -2.24. The molecule has 0 aliphatic heterocycles. The van der Waals surface area contributed by atoms with E-state index in [9.17, 15) is 9.90 Å². The molecule has 2 atom stereocenters. The third kappa shape index (κ3) is 4.71. The van der Waals surface area contributed by atoms with E-state index in [1.165, 1.54) is 0 Å². The van der Waals surface area contributed by atoms with Crippen LogP contribution in [-0.2, 0) is 11.3 Å². The maximum absolute atomic E-state index is 12.3. The standard InChI is InChI=1S/C22H21NO3/c24-21(19-14-8-3-9-15-19)20(18-12-6-2-7-13-18)23-22(25)26-16-17-10-4-1-5-11-17/h1-15,20-21,24H,16H2,(H,23,25)/t20-,21+/m0/s1. The molecule has 132 valence electrons. The number of amides is 1. The molecule has 0 heterocycles. The number of carbonyl (C=O) groups is 1. The van der Waals surface area contributed by atoms with E-state index in [1.807, 2.05) is 91.0 Å². The molecule has 0 saturated heterocycles. The van der Waals surface area contributed by atoms with Gasteiger partial charge in [0.05, 0.1) is 6.04 Å². The number of ether oxygens (including phenoxy) is 1. The van der Waals surface area contributed by atoms with Crippen LogP contribution in [-0.4, -0.2) is 11.2 Å². The normalized spacial score (nSPS) is 12.8. The van der Waals surface area contributed by atoms with Gasteiger partial charge < -0.3 is 15.2 Å². The minimum atomic E-state index is -0.886. The van der Waals surface area contributed by atoms with Crippen molar-refractivity contribution in [2.75, 3.05) is 0 Å². The van der Waals surface area contributed by atoms with Crippen LogP contribution in [0, 0.1) is 0 Å². The molecule has 3 rings (SSSR count). The first kappa shape index (κ1) is 17.7. The number of hydrogen-bond donors (Lipinski definition) is 2. The third-order valence-electron chi connectivity index (χ3n) is 4.10. The van der Waals surface area contributed by atoms with Crippen LogP contribution in [0.3, 0.4) is 0 Å². The average Bonchev–Trinajstić information content (AvgIpc) is 2.72. The molecule has 3 aromatic rings. The molecule has 26 heavy (non-hydrogen) atoms. The Morgan fingerprint density at radius 1 is 0.808 bits per heavy atom. The predicted molar refractivity (Wildman–Crippen MR) is 100 cm³/mol. The Balaban J connectivity index is 1.72. The number of aliphatic hydroxyl groups is 1. The maximum Gasteiger partial charge on any atom is 0.408 e. The van der Waals surface area contributed by atoms with E-state index >= 15 is 0 Å². The Kier molecular flexibility index (Phi) is 6.01. The zero-order valence-electron chi connectivity index (χ0n) is 14.3. The van der Waals surface area contributed by atoms with Crippen molar-refractivity contribution in [3.05, 3.63) is 108 Å². The van der Waals surface area contributed by atoms with Gasteiger partial charge in [-0.05, 0) is 16.7 Å². The van der Waals surface area contributed by atoms with E-state index in [0.29, 0.717) is 0 Å². The second kappa shape index (κ2) is 8.83. The number of hydrogen-bond acceptors (Lipinski definition) is 3. The molecule has 4 heteroatoms. The fraction of sp³-hybridized carbons (Fsp3) is 0.136. The van der Waals surface area contributed by atoms with Crippen LogP contribution < -0.4 is 5.32 Å². The lowest BCUT2D eigenvalue weighted by atomic mass is 9.96. The van der Waals surface area contributed by atoms with E-state index in [0.717, 1.165) is 16.7 Å². The smallest absolute Gasteiger partial charge is 0.408 e. The molecule has 0 bridgehead atoms. The molecule has 0 aliphatic carbocycles. The zero-order valence-corrected chi connectivity index (χ0v) is 14.3. The van der Waals surface area contributed by atoms with Gasteiger partial charge in [-0.2, -0.15) is 0 Å². The van der Waals surface area contributed by atoms with Crippen LogP contribution in [0.2, 0.25) is 0 Å². The fourth-order valence-electron chi connectivity index (χ4n) is 2.74. The van der Waals surface area contributed by atoms with Crippen molar-refractivity contribution in [1.29, 1.82) is 0 Å². The van der Waals surface area contributed by atoms with Crippen molar-refractivity contribution in [2.24, 2.45) is 0 Å². The van der Waals surface area contributed by atoms with Gasteiger partial charge in [-0.1, -0.05) is 91.0 Å². The van der Waals surface area contributed by atoms with Crippen molar-refractivity contribution in [3.8, 4) is 0 Å². The van der Waals surface area contributed by atoms with Gasteiger partial charge in [0.2, 0.25) is 0 Å². The van der Waals surface area contributed by atoms with Gasteiger partial charge in [0.15, 0.2) is 0 Å². The number of carbonyl (C=O) groups excluding carboxylic acids is 1. The summed E-state index contributed by atoms with van der Waals surface area (Å²) < 4.78 is 5.30. The molecule has 0 radical (unpaired) electrons. The summed E-state index contributed by atoms with van der Waals surface area (Å²) in [5.41, 5.74) is 2.44. The SMILES string of the molecule is O=C(N[C@@H](c1ccccc1)[C@H](O)c1ccccc1)OCc1ccccc1. The Labute approximate surface area is 153 Å². The molecule has 1 amide bonds. The summed E-state index contributed by atoms with van der Waals surface area (Å²) in [5.74, 6) is 0. The molecule has 4 nitrogen and oxygen atoms in total. The van der Waals surface area contributed by atoms with Crippen LogP contribution in [0.1, 0.15) is 28.8 Å². The highest BCUT2D eigenvalue weighted by Gasteiger charge is 2.25. The van der Waals surface area contributed by atoms with Crippen LogP contribution in [0.15, 0.2) is 91.0 Å². The summed E-state index contributed by atoms with van der Waals surface area (Å²) in [4.78, 5) is 12.3. The second-order valence-electron chi connectivity index (χ2n) is 5.95. The molecule has 2 N–H and O–H groups in total. The Morgan fingerprint density at radius 3 is 1.88 bits per heavy atom. The highest BCUT2D eigenvalue weighted by atomic mass is 16.5. The number of aliphatic hydroxyl groups excluding tert-OH is 1. The summed E-state index contributed by atoms with van der Waals surface area (Å²) in [6.07, 6.45) is -1.46. The topological polar surface area (TPSA) is 58.6 Å². The minimum absolute atomic E-state index is 0.176. The Bertz CT molecular complexity index is 807. The summed E-state index contributed by atoms with van der Waals surface area (Å²) in [5, 5.41) is 13.6. The van der Waals surface area contributed by atoms with Crippen LogP contribution >= 0.6 is 0 Å². The predicted octanol–water partition coefficient (Wildman–Crippen LogP) is 4.39. The number of alkyl carbamates (subject to hydrolysis) is 1. The molecule has 0 saturated carbocycles. The lowest BCUT2D eigenvalue weighted by Crippen LogP contribution is -2.33. The highest BCUT2D eigenvalue weighted by molar-refractivity contribution is 5.68. The van der Waals surface area contributed by atoms with E-state index in [-0.39, 0.29) is 6.61 Å². The molecule has 3 aromatic carbocycles. The molecular formula is C22H21NO3. The third-order valence-corrected chi connectivity index (χ3v) is 4.10. The summed E-state index contributed by atoms with van der Waals surface area (Å²) in [6, 6.07) is 27.5. The van der Waals surface area contributed by atoms with E-state index in [2.05, 4.69) is 5.32 Å². The average molecular weight is 347 g/mol. The Morgan fingerprint density at radius 2 is 1.31 bits per heavy atom. The fourth-order valence-corrected chi connectivity index (χ4v) is 2.74. The Hall–Kier alpha value is -3.11. The largest absolute Gasteiger partial charge is 0.445 e. The molecule has 0 unspecified atom stereocenters. The lowest BCUT2D eigenvalue weighted by molar-refractivity contribution is 0.102. The molecule has 0 spiro atoms. The van der Waals surface area contributed by atoms with Crippen molar-refractivity contribution in [1.82, 2.24) is 5.32 Å². The number of rotatable bonds is 6. The summed E-state index contributed by atoms with van der Waals surface area (Å²) in [7, 11) is 0. The number of nitrogens with one attached hydrogen (secondary N) is 1. The van der Waals surface area contributed by atoms with Crippen molar-refractivity contribution in [2.45, 2.75) is 18.8 Å². The van der Waals surface area contributed by atoms with Gasteiger partial charge in [0.25, 0.3) is 0 Å². The summed E-state index contributed by atoms with van der Waals surface area (Å²) >= 11 is 0. The van der Waals surface area contributed by atoms with Gasteiger partial charge >= 0.3 is 6.09 Å². The van der Waals surface area contributed by atoms with E-state index < -0.39 is 18.2 Å². The first-order valence-electron chi connectivity index (χ1n) is 8.49. The quantitative estimate of drug-likeness (QED) is 0.695. The van der Waals surface area contributed by atoms with Gasteiger partial charge in [0.1, 0.15) is 12.7 Å². The van der Waals surface area contributed by atoms with Gasteiger partial charge in [-0.25, -0.2) is 4.79 Å². The molecule has 0 aromatic heterocycles. The van der Waals surface area contributed by atoms with Crippen LogP contribution in [0.5, 0.6) is 0 Å². The van der Waals surface area contributed by atoms with E-state index in [4.69, 9.17) is 4.74 Å². The van der Waals surface area contributed by atoms with Crippen LogP contribution in [0.4, 0.5) is 4.79 Å². The van der Waals surface area contributed by atoms with Gasteiger partial charge in [0, 0.05) is 0 Å². The molecule has 0 aliphatic rings. The first-order chi connectivity index (χ1) is 12.7. The van der Waals surface area contributed by atoms with Crippen molar-refractivity contribution in [3.63, 3.8) is 0 Å². The first-order valence-corrected chi connectivity index (χ1v) is 8.49. The minimum Gasteiger partial charge on any atom is -0.445 e. The van der Waals surface area contributed by atoms with Crippen molar-refractivity contribution >= 4 is 6.09 Å². The maximum atomic E-state index is 12.3. The zero-order chi connectivity index (χ0) is 18.2. The molecular weight excluding hydrogens is 326 g/mol. The molecule has 0 fully saturated rings. The second-order valence-corrected chi connectivity index (χ2v) is 5.95.